The molecule has 0 bridgehead atoms. The van der Waals surface area contributed by atoms with Crippen LogP contribution in [0.1, 0.15) is 38.1 Å². The lowest BCUT2D eigenvalue weighted by atomic mass is 10.0. The Labute approximate surface area is 177 Å². The molecule has 0 aliphatic rings. The first-order chi connectivity index (χ1) is 14.3. The van der Waals surface area contributed by atoms with Crippen LogP contribution in [0.2, 0.25) is 0 Å². The molecule has 2 aromatic carbocycles. The fraction of sp³-hybridized carbons (Fsp3) is 0.182. The smallest absolute Gasteiger partial charge is 0.341 e. The highest BCUT2D eigenvalue weighted by atomic mass is 32.1. The number of nitrogens with one attached hydrogen (secondary N) is 1. The molecule has 1 amide bonds. The second kappa shape index (κ2) is 8.87. The number of thiophene rings is 1. The molecule has 1 N–H and O–H groups in total. The van der Waals surface area contributed by atoms with E-state index in [9.17, 15) is 19.7 Å². The maximum Gasteiger partial charge on any atom is 0.341 e. The van der Waals surface area contributed by atoms with Crippen LogP contribution in [-0.4, -0.2) is 23.4 Å². The number of benzene rings is 2. The van der Waals surface area contributed by atoms with Crippen LogP contribution in [0.4, 0.5) is 10.7 Å². The topological polar surface area (TPSA) is 98.5 Å². The Hall–Kier alpha value is -3.52. The number of rotatable bonds is 6. The lowest BCUT2D eigenvalue weighted by molar-refractivity contribution is -0.385. The molecule has 0 aliphatic carbocycles. The van der Waals surface area contributed by atoms with Gasteiger partial charge in [0.15, 0.2) is 0 Å². The van der Waals surface area contributed by atoms with Crippen molar-refractivity contribution in [2.75, 3.05) is 11.9 Å². The van der Waals surface area contributed by atoms with Gasteiger partial charge in [0.25, 0.3) is 11.6 Å². The summed E-state index contributed by atoms with van der Waals surface area (Å²) in [6.07, 6.45) is 0. The first-order valence-electron chi connectivity index (χ1n) is 9.25. The highest BCUT2D eigenvalue weighted by molar-refractivity contribution is 7.17. The number of carbonyl (C=O) groups excluding carboxylic acids is 2. The second-order valence-corrected chi connectivity index (χ2v) is 7.76. The molecule has 30 heavy (non-hydrogen) atoms. The average molecular weight is 424 g/mol. The van der Waals surface area contributed by atoms with Gasteiger partial charge in [0.05, 0.1) is 11.5 Å². The van der Waals surface area contributed by atoms with Gasteiger partial charge in [-0.1, -0.05) is 30.3 Å². The summed E-state index contributed by atoms with van der Waals surface area (Å²) in [4.78, 5) is 36.9. The number of nitrogens with zero attached hydrogens (tertiary/aromatic N) is 1. The Morgan fingerprint density at radius 1 is 1.13 bits per heavy atom. The molecular formula is C22H20N2O5S. The van der Waals surface area contributed by atoms with E-state index in [-0.39, 0.29) is 17.9 Å². The summed E-state index contributed by atoms with van der Waals surface area (Å²) in [6, 6.07) is 13.6. The Balaban J connectivity index is 2.02. The van der Waals surface area contributed by atoms with Gasteiger partial charge in [-0.05, 0) is 38.5 Å². The van der Waals surface area contributed by atoms with Crippen molar-refractivity contribution in [1.82, 2.24) is 0 Å². The summed E-state index contributed by atoms with van der Waals surface area (Å²) in [6.45, 7) is 5.37. The van der Waals surface area contributed by atoms with Gasteiger partial charge >= 0.3 is 5.97 Å². The number of aryl methyl sites for hydroxylation is 2. The van der Waals surface area contributed by atoms with Crippen LogP contribution in [0.5, 0.6) is 0 Å². The lowest BCUT2D eigenvalue weighted by Gasteiger charge is -2.09. The minimum absolute atomic E-state index is 0.0582. The number of nitro groups is 1. The minimum atomic E-state index is -0.518. The number of carbonyl (C=O) groups is 2. The van der Waals surface area contributed by atoms with Crippen molar-refractivity contribution >= 4 is 33.9 Å². The Morgan fingerprint density at radius 3 is 2.43 bits per heavy atom. The third kappa shape index (κ3) is 4.23. The maximum atomic E-state index is 12.8. The van der Waals surface area contributed by atoms with Gasteiger partial charge in [0.2, 0.25) is 0 Å². The molecule has 0 saturated heterocycles. The predicted octanol–water partition coefficient (Wildman–Crippen LogP) is 5.37. The Bertz CT molecular complexity index is 1120. The van der Waals surface area contributed by atoms with Gasteiger partial charge in [-0.25, -0.2) is 4.79 Å². The van der Waals surface area contributed by atoms with E-state index in [1.807, 2.05) is 37.3 Å². The molecule has 3 aromatic rings. The maximum absolute atomic E-state index is 12.8. The Morgan fingerprint density at radius 2 is 1.83 bits per heavy atom. The molecule has 0 spiro atoms. The molecule has 1 heterocycles. The zero-order chi connectivity index (χ0) is 21.8. The number of hydrogen-bond donors (Lipinski definition) is 1. The molecule has 154 valence electrons. The van der Waals surface area contributed by atoms with Gasteiger partial charge in [-0.2, -0.15) is 0 Å². The number of amides is 1. The largest absolute Gasteiger partial charge is 0.462 e. The van der Waals surface area contributed by atoms with Gasteiger partial charge in [0, 0.05) is 27.6 Å². The van der Waals surface area contributed by atoms with Crippen LogP contribution in [0, 0.1) is 24.0 Å². The van der Waals surface area contributed by atoms with E-state index in [0.29, 0.717) is 21.7 Å². The number of nitro benzene ring substituents is 1. The molecule has 1 aromatic heterocycles. The molecule has 0 atom stereocenters. The third-order valence-corrected chi connectivity index (χ3v) is 5.53. The highest BCUT2D eigenvalue weighted by Crippen LogP contribution is 2.40. The van der Waals surface area contributed by atoms with Crippen LogP contribution in [0.3, 0.4) is 0 Å². The van der Waals surface area contributed by atoms with Crippen molar-refractivity contribution in [2.24, 2.45) is 0 Å². The molecule has 7 nitrogen and oxygen atoms in total. The first kappa shape index (κ1) is 21.2. The van der Waals surface area contributed by atoms with E-state index in [0.717, 1.165) is 10.4 Å². The standard InChI is InChI=1S/C22H20N2O5S/c1-4-29-22(26)19-18(15-8-6-5-7-9-15)14(3)30-21(19)23-20(25)16-10-11-17(24(27)28)13(2)12-16/h5-12H,4H2,1-3H3,(H,23,25). The number of anilines is 1. The summed E-state index contributed by atoms with van der Waals surface area (Å²) < 4.78 is 5.23. The molecule has 0 saturated carbocycles. The van der Waals surface area contributed by atoms with E-state index in [1.165, 1.54) is 29.5 Å². The molecule has 3 rings (SSSR count). The summed E-state index contributed by atoms with van der Waals surface area (Å²) >= 11 is 1.28. The zero-order valence-electron chi connectivity index (χ0n) is 16.7. The van der Waals surface area contributed by atoms with Crippen LogP contribution in [-0.2, 0) is 4.74 Å². The summed E-state index contributed by atoms with van der Waals surface area (Å²) in [7, 11) is 0. The Kier molecular flexibility index (Phi) is 6.27. The number of ether oxygens (including phenoxy) is 1. The highest BCUT2D eigenvalue weighted by Gasteiger charge is 2.26. The zero-order valence-corrected chi connectivity index (χ0v) is 17.5. The van der Waals surface area contributed by atoms with E-state index in [4.69, 9.17) is 4.74 Å². The SMILES string of the molecule is CCOC(=O)c1c(NC(=O)c2ccc([N+](=O)[O-])c(C)c2)sc(C)c1-c1ccccc1. The molecule has 0 radical (unpaired) electrons. The molecule has 8 heteroatoms. The fourth-order valence-corrected chi connectivity index (χ4v) is 4.22. The number of hydrogen-bond acceptors (Lipinski definition) is 6. The van der Waals surface area contributed by atoms with Crippen LogP contribution in [0.25, 0.3) is 11.1 Å². The molecular weight excluding hydrogens is 404 g/mol. The van der Waals surface area contributed by atoms with Crippen LogP contribution < -0.4 is 5.32 Å². The quantitative estimate of drug-likeness (QED) is 0.326. The van der Waals surface area contributed by atoms with Gasteiger partial charge in [0.1, 0.15) is 10.6 Å². The van der Waals surface area contributed by atoms with Gasteiger partial charge in [-0.3, -0.25) is 14.9 Å². The van der Waals surface area contributed by atoms with E-state index in [1.54, 1.807) is 13.8 Å². The minimum Gasteiger partial charge on any atom is -0.462 e. The van der Waals surface area contributed by atoms with Crippen molar-refractivity contribution in [3.8, 4) is 11.1 Å². The van der Waals surface area contributed by atoms with E-state index < -0.39 is 16.8 Å². The van der Waals surface area contributed by atoms with Crippen molar-refractivity contribution in [3.63, 3.8) is 0 Å². The number of esters is 1. The summed E-state index contributed by atoms with van der Waals surface area (Å²) in [5.74, 6) is -0.977. The van der Waals surface area contributed by atoms with Gasteiger partial charge in [-0.15, -0.1) is 11.3 Å². The predicted molar refractivity (Wildman–Crippen MR) is 116 cm³/mol. The molecule has 0 unspecified atom stereocenters. The van der Waals surface area contributed by atoms with Crippen LogP contribution in [0.15, 0.2) is 48.5 Å². The molecule has 0 fully saturated rings. The lowest BCUT2D eigenvalue weighted by Crippen LogP contribution is -2.15. The first-order valence-corrected chi connectivity index (χ1v) is 10.1. The summed E-state index contributed by atoms with van der Waals surface area (Å²) in [5.41, 5.74) is 2.45. The van der Waals surface area contributed by atoms with Crippen molar-refractivity contribution in [3.05, 3.63) is 80.2 Å². The second-order valence-electron chi connectivity index (χ2n) is 6.54. The normalized spacial score (nSPS) is 10.5. The third-order valence-electron chi connectivity index (χ3n) is 4.51. The van der Waals surface area contributed by atoms with Crippen LogP contribution >= 0.6 is 11.3 Å². The van der Waals surface area contributed by atoms with Crippen molar-refractivity contribution < 1.29 is 19.2 Å². The fourth-order valence-electron chi connectivity index (χ4n) is 3.16. The monoisotopic (exact) mass is 424 g/mol. The van der Waals surface area contributed by atoms with Gasteiger partial charge < -0.3 is 10.1 Å². The average Bonchev–Trinajstić information content (AvgIpc) is 3.04. The van der Waals surface area contributed by atoms with E-state index >= 15 is 0 Å². The molecule has 0 aliphatic heterocycles. The van der Waals surface area contributed by atoms with E-state index in [2.05, 4.69) is 5.32 Å². The van der Waals surface area contributed by atoms with Crippen molar-refractivity contribution in [1.29, 1.82) is 0 Å². The van der Waals surface area contributed by atoms with Crippen molar-refractivity contribution in [2.45, 2.75) is 20.8 Å². The summed E-state index contributed by atoms with van der Waals surface area (Å²) in [5, 5.41) is 14.2.